The third-order valence-electron chi connectivity index (χ3n) is 4.21. The molecule has 0 bridgehead atoms. The molecule has 0 amide bonds. The minimum absolute atomic E-state index is 0.537. The summed E-state index contributed by atoms with van der Waals surface area (Å²) in [6.45, 7) is 0.586. The quantitative estimate of drug-likeness (QED) is 0.688. The molecule has 0 aliphatic heterocycles. The molecule has 1 saturated carbocycles. The first kappa shape index (κ1) is 14.5. The average Bonchev–Trinajstić information content (AvgIpc) is 3.30. The maximum absolute atomic E-state index is 6.44. The molecule has 5 heteroatoms. The van der Waals surface area contributed by atoms with Gasteiger partial charge in [0, 0.05) is 19.0 Å². The summed E-state index contributed by atoms with van der Waals surface area (Å²) in [4.78, 5) is 0. The Balaban J connectivity index is 1.48. The van der Waals surface area contributed by atoms with Gasteiger partial charge in [-0.2, -0.15) is 0 Å². The summed E-state index contributed by atoms with van der Waals surface area (Å²) in [6, 6.07) is 12.2. The van der Waals surface area contributed by atoms with Crippen LogP contribution in [-0.2, 0) is 12.8 Å². The lowest BCUT2D eigenvalue weighted by molar-refractivity contribution is 0.322. The largest absolute Gasteiger partial charge is 0.491 e. The molecule has 1 aliphatic carbocycles. The summed E-state index contributed by atoms with van der Waals surface area (Å²) in [6.07, 6.45) is 6.37. The summed E-state index contributed by atoms with van der Waals surface area (Å²) in [5, 5.41) is 9.04. The van der Waals surface area contributed by atoms with Crippen molar-refractivity contribution in [2.45, 2.75) is 25.7 Å². The molecule has 3 aromatic rings. The van der Waals surface area contributed by atoms with Crippen molar-refractivity contribution in [2.75, 3.05) is 6.61 Å². The highest BCUT2D eigenvalue weighted by atomic mass is 35.5. The van der Waals surface area contributed by atoms with Crippen LogP contribution in [0.5, 0.6) is 5.75 Å². The van der Waals surface area contributed by atoms with Crippen molar-refractivity contribution < 1.29 is 4.74 Å². The number of rotatable bonds is 6. The van der Waals surface area contributed by atoms with E-state index in [1.54, 1.807) is 0 Å². The van der Waals surface area contributed by atoms with Crippen LogP contribution in [0.1, 0.15) is 24.2 Å². The third kappa shape index (κ3) is 3.17. The molecule has 1 aliphatic rings. The number of nitrogens with zero attached hydrogens (tertiary/aromatic N) is 3. The number of halogens is 1. The molecular weight excluding hydrogens is 310 g/mol. The second kappa shape index (κ2) is 6.20. The number of hydrogen-bond acceptors (Lipinski definition) is 3. The standard InChI is InChI=1S/C18H18ClN3O/c19-17-15(23-11-9-13-4-2-1-3-5-13)8-10-22-16(12-14-6-7-14)20-21-18(17)22/h1-5,8,10,14H,6-7,9,11-12H2. The monoisotopic (exact) mass is 327 g/mol. The fourth-order valence-electron chi connectivity index (χ4n) is 2.71. The van der Waals surface area contributed by atoms with E-state index in [2.05, 4.69) is 22.3 Å². The van der Waals surface area contributed by atoms with Gasteiger partial charge in [0.15, 0.2) is 5.65 Å². The first-order valence-corrected chi connectivity index (χ1v) is 8.38. The van der Waals surface area contributed by atoms with Crippen LogP contribution in [0.3, 0.4) is 0 Å². The lowest BCUT2D eigenvalue weighted by Crippen LogP contribution is -2.03. The summed E-state index contributed by atoms with van der Waals surface area (Å²) in [7, 11) is 0. The number of benzene rings is 1. The number of aromatic nitrogens is 3. The molecule has 4 rings (SSSR count). The zero-order chi connectivity index (χ0) is 15.6. The van der Waals surface area contributed by atoms with Gasteiger partial charge in [-0.3, -0.25) is 4.40 Å². The van der Waals surface area contributed by atoms with Gasteiger partial charge in [-0.1, -0.05) is 41.9 Å². The van der Waals surface area contributed by atoms with Crippen molar-refractivity contribution in [2.24, 2.45) is 5.92 Å². The Hall–Kier alpha value is -2.07. The van der Waals surface area contributed by atoms with E-state index in [4.69, 9.17) is 16.3 Å². The molecular formula is C18H18ClN3O. The highest BCUT2D eigenvalue weighted by Crippen LogP contribution is 2.33. The van der Waals surface area contributed by atoms with Gasteiger partial charge in [0.2, 0.25) is 0 Å². The lowest BCUT2D eigenvalue weighted by Gasteiger charge is -2.09. The third-order valence-corrected chi connectivity index (χ3v) is 4.57. The van der Waals surface area contributed by atoms with E-state index >= 15 is 0 Å². The molecule has 0 radical (unpaired) electrons. The van der Waals surface area contributed by atoms with Gasteiger partial charge in [-0.25, -0.2) is 0 Å². The molecule has 0 N–H and O–H groups in total. The van der Waals surface area contributed by atoms with Gasteiger partial charge < -0.3 is 4.74 Å². The molecule has 0 atom stereocenters. The van der Waals surface area contributed by atoms with Gasteiger partial charge in [0.05, 0.1) is 6.61 Å². The SMILES string of the molecule is Clc1c(OCCc2ccccc2)ccn2c(CC3CC3)nnc12. The molecule has 0 spiro atoms. The topological polar surface area (TPSA) is 39.4 Å². The normalized spacial score (nSPS) is 14.3. The summed E-state index contributed by atoms with van der Waals surface area (Å²) < 4.78 is 7.82. The summed E-state index contributed by atoms with van der Waals surface area (Å²) in [5.74, 6) is 2.42. The summed E-state index contributed by atoms with van der Waals surface area (Å²) in [5.41, 5.74) is 1.93. The van der Waals surface area contributed by atoms with E-state index in [0.717, 1.165) is 24.6 Å². The van der Waals surface area contributed by atoms with E-state index in [-0.39, 0.29) is 0 Å². The van der Waals surface area contributed by atoms with Crippen LogP contribution in [0.4, 0.5) is 0 Å². The predicted molar refractivity (Wildman–Crippen MR) is 90.1 cm³/mol. The van der Waals surface area contributed by atoms with Crippen LogP contribution in [-0.4, -0.2) is 21.2 Å². The molecule has 1 aromatic carbocycles. The molecule has 4 nitrogen and oxygen atoms in total. The Morgan fingerprint density at radius 2 is 1.96 bits per heavy atom. The molecule has 23 heavy (non-hydrogen) atoms. The highest BCUT2D eigenvalue weighted by Gasteiger charge is 2.24. The number of fused-ring (bicyclic) bond motifs is 1. The van der Waals surface area contributed by atoms with Crippen molar-refractivity contribution in [3.8, 4) is 5.75 Å². The maximum Gasteiger partial charge on any atom is 0.183 e. The van der Waals surface area contributed by atoms with E-state index in [9.17, 15) is 0 Å². The maximum atomic E-state index is 6.44. The van der Waals surface area contributed by atoms with E-state index < -0.39 is 0 Å². The highest BCUT2D eigenvalue weighted by molar-refractivity contribution is 6.34. The summed E-state index contributed by atoms with van der Waals surface area (Å²) >= 11 is 6.44. The van der Waals surface area contributed by atoms with Gasteiger partial charge in [0.1, 0.15) is 16.6 Å². The van der Waals surface area contributed by atoms with Crippen LogP contribution >= 0.6 is 11.6 Å². The van der Waals surface area contributed by atoms with Crippen LogP contribution < -0.4 is 4.74 Å². The minimum atomic E-state index is 0.537. The second-order valence-electron chi connectivity index (χ2n) is 6.04. The van der Waals surface area contributed by atoms with Gasteiger partial charge in [0.25, 0.3) is 0 Å². The van der Waals surface area contributed by atoms with Crippen molar-refractivity contribution in [3.63, 3.8) is 0 Å². The van der Waals surface area contributed by atoms with Crippen molar-refractivity contribution >= 4 is 17.2 Å². The van der Waals surface area contributed by atoms with Crippen LogP contribution in [0.2, 0.25) is 5.02 Å². The molecule has 118 valence electrons. The van der Waals surface area contributed by atoms with Crippen molar-refractivity contribution in [1.29, 1.82) is 0 Å². The number of ether oxygens (including phenoxy) is 1. The second-order valence-corrected chi connectivity index (χ2v) is 6.41. The van der Waals surface area contributed by atoms with Gasteiger partial charge >= 0.3 is 0 Å². The fraction of sp³-hybridized carbons (Fsp3) is 0.333. The minimum Gasteiger partial charge on any atom is -0.491 e. The zero-order valence-electron chi connectivity index (χ0n) is 12.8. The Bertz CT molecular complexity index is 812. The van der Waals surface area contributed by atoms with Crippen LogP contribution in [0.15, 0.2) is 42.6 Å². The molecule has 0 saturated heterocycles. The Morgan fingerprint density at radius 3 is 2.74 bits per heavy atom. The van der Waals surface area contributed by atoms with E-state index in [1.165, 1.54) is 18.4 Å². The van der Waals surface area contributed by atoms with Gasteiger partial charge in [-0.05, 0) is 30.4 Å². The molecule has 2 heterocycles. The smallest absolute Gasteiger partial charge is 0.183 e. The fourth-order valence-corrected chi connectivity index (χ4v) is 2.96. The number of pyridine rings is 1. The Morgan fingerprint density at radius 1 is 1.13 bits per heavy atom. The average molecular weight is 328 g/mol. The first-order valence-electron chi connectivity index (χ1n) is 8.00. The predicted octanol–water partition coefficient (Wildman–Crippen LogP) is 3.96. The van der Waals surface area contributed by atoms with E-state index in [0.29, 0.717) is 23.0 Å². The van der Waals surface area contributed by atoms with Gasteiger partial charge in [-0.15, -0.1) is 10.2 Å². The van der Waals surface area contributed by atoms with Crippen molar-refractivity contribution in [3.05, 3.63) is 59.0 Å². The molecule has 0 unspecified atom stereocenters. The first-order chi connectivity index (χ1) is 11.3. The molecule has 2 aromatic heterocycles. The Labute approximate surface area is 140 Å². The van der Waals surface area contributed by atoms with Crippen LogP contribution in [0, 0.1) is 5.92 Å². The zero-order valence-corrected chi connectivity index (χ0v) is 13.5. The lowest BCUT2D eigenvalue weighted by atomic mass is 10.2. The van der Waals surface area contributed by atoms with Crippen LogP contribution in [0.25, 0.3) is 5.65 Å². The Kier molecular flexibility index (Phi) is 3.92. The molecule has 1 fully saturated rings. The van der Waals surface area contributed by atoms with Crippen molar-refractivity contribution in [1.82, 2.24) is 14.6 Å². The van der Waals surface area contributed by atoms with E-state index in [1.807, 2.05) is 34.9 Å². The number of hydrogen-bond donors (Lipinski definition) is 0.